The summed E-state index contributed by atoms with van der Waals surface area (Å²) in [5.41, 5.74) is 1.25. The molecule has 1 heterocycles. The van der Waals surface area contributed by atoms with Crippen molar-refractivity contribution in [3.63, 3.8) is 0 Å². The van der Waals surface area contributed by atoms with E-state index in [2.05, 4.69) is 5.32 Å². The van der Waals surface area contributed by atoms with Gasteiger partial charge in [-0.15, -0.1) is 0 Å². The van der Waals surface area contributed by atoms with E-state index >= 15 is 0 Å². The van der Waals surface area contributed by atoms with E-state index in [0.29, 0.717) is 36.0 Å². The molecular weight excluding hydrogens is 374 g/mol. The lowest BCUT2D eigenvalue weighted by Gasteiger charge is -2.25. The third-order valence-electron chi connectivity index (χ3n) is 4.57. The van der Waals surface area contributed by atoms with Crippen molar-refractivity contribution in [2.45, 2.75) is 19.9 Å². The molecule has 0 radical (unpaired) electrons. The molecule has 0 spiro atoms. The topological polar surface area (TPSA) is 83.1 Å². The maximum Gasteiger partial charge on any atom is 0.338 e. The van der Waals surface area contributed by atoms with E-state index in [0.717, 1.165) is 5.56 Å². The summed E-state index contributed by atoms with van der Waals surface area (Å²) >= 11 is 0. The Morgan fingerprint density at radius 1 is 1.03 bits per heavy atom. The summed E-state index contributed by atoms with van der Waals surface area (Å²) in [5, 5.41) is 2.93. The standard InChI is InChI=1S/C22H25NO6/c1-14(2)21(16-6-9-18-19(12-16)28-11-10-27-18)23-20(24)13-29-22(25)15-4-7-17(26-3)8-5-15/h4-9,12,14,21H,10-11,13H2,1-3H3,(H,23,24)/t21-/m1/s1. The molecule has 0 bridgehead atoms. The van der Waals surface area contributed by atoms with Crippen molar-refractivity contribution < 1.29 is 28.5 Å². The van der Waals surface area contributed by atoms with Crippen molar-refractivity contribution in [3.05, 3.63) is 53.6 Å². The zero-order chi connectivity index (χ0) is 20.8. The fourth-order valence-corrected chi connectivity index (χ4v) is 3.04. The van der Waals surface area contributed by atoms with Crippen LogP contribution < -0.4 is 19.5 Å². The predicted octanol–water partition coefficient (Wildman–Crippen LogP) is 3.14. The lowest BCUT2D eigenvalue weighted by Crippen LogP contribution is -2.35. The number of ether oxygens (including phenoxy) is 4. The first-order chi connectivity index (χ1) is 14.0. The van der Waals surface area contributed by atoms with Crippen LogP contribution in [0.2, 0.25) is 0 Å². The molecule has 0 saturated heterocycles. The molecule has 1 aliphatic heterocycles. The average Bonchev–Trinajstić information content (AvgIpc) is 2.75. The molecule has 29 heavy (non-hydrogen) atoms. The van der Waals surface area contributed by atoms with Crippen LogP contribution in [-0.2, 0) is 9.53 Å². The molecule has 7 heteroatoms. The average molecular weight is 399 g/mol. The van der Waals surface area contributed by atoms with Crippen molar-refractivity contribution in [2.75, 3.05) is 26.9 Å². The van der Waals surface area contributed by atoms with E-state index in [9.17, 15) is 9.59 Å². The molecule has 0 saturated carbocycles. The number of carbonyl (C=O) groups excluding carboxylic acids is 2. The molecule has 0 unspecified atom stereocenters. The third-order valence-corrected chi connectivity index (χ3v) is 4.57. The van der Waals surface area contributed by atoms with Gasteiger partial charge in [0.1, 0.15) is 19.0 Å². The van der Waals surface area contributed by atoms with Crippen molar-refractivity contribution in [1.82, 2.24) is 5.32 Å². The van der Waals surface area contributed by atoms with Gasteiger partial charge >= 0.3 is 5.97 Å². The van der Waals surface area contributed by atoms with Gasteiger partial charge in [-0.25, -0.2) is 4.79 Å². The molecule has 1 atom stereocenters. The van der Waals surface area contributed by atoms with Gasteiger partial charge in [0.15, 0.2) is 18.1 Å². The first-order valence-corrected chi connectivity index (χ1v) is 9.48. The number of fused-ring (bicyclic) bond motifs is 1. The van der Waals surface area contributed by atoms with Gasteiger partial charge < -0.3 is 24.3 Å². The molecule has 154 valence electrons. The molecule has 0 aliphatic carbocycles. The van der Waals surface area contributed by atoms with Crippen LogP contribution in [0, 0.1) is 5.92 Å². The predicted molar refractivity (Wildman–Crippen MR) is 106 cm³/mol. The van der Waals surface area contributed by atoms with E-state index in [1.165, 1.54) is 0 Å². The van der Waals surface area contributed by atoms with Gasteiger partial charge in [-0.2, -0.15) is 0 Å². The Hall–Kier alpha value is -3.22. The minimum absolute atomic E-state index is 0.124. The third kappa shape index (κ3) is 5.19. The Bertz CT molecular complexity index is 862. The molecule has 1 N–H and O–H groups in total. The quantitative estimate of drug-likeness (QED) is 0.721. The van der Waals surface area contributed by atoms with Crippen molar-refractivity contribution >= 4 is 11.9 Å². The molecule has 7 nitrogen and oxygen atoms in total. The molecular formula is C22H25NO6. The monoisotopic (exact) mass is 399 g/mol. The summed E-state index contributed by atoms with van der Waals surface area (Å²) in [6.07, 6.45) is 0. The zero-order valence-corrected chi connectivity index (χ0v) is 16.8. The number of methoxy groups -OCH3 is 1. The van der Waals surface area contributed by atoms with Crippen molar-refractivity contribution in [3.8, 4) is 17.2 Å². The van der Waals surface area contributed by atoms with E-state index < -0.39 is 5.97 Å². The molecule has 1 aliphatic rings. The largest absolute Gasteiger partial charge is 0.497 e. The first-order valence-electron chi connectivity index (χ1n) is 9.48. The summed E-state index contributed by atoms with van der Waals surface area (Å²) < 4.78 is 21.4. The summed E-state index contributed by atoms with van der Waals surface area (Å²) in [7, 11) is 1.55. The van der Waals surface area contributed by atoms with Crippen LogP contribution >= 0.6 is 0 Å². The van der Waals surface area contributed by atoms with Crippen molar-refractivity contribution in [1.29, 1.82) is 0 Å². The van der Waals surface area contributed by atoms with Crippen LogP contribution in [0.15, 0.2) is 42.5 Å². The number of esters is 1. The van der Waals surface area contributed by atoms with Gasteiger partial charge in [-0.05, 0) is 47.9 Å². The lowest BCUT2D eigenvalue weighted by molar-refractivity contribution is -0.125. The van der Waals surface area contributed by atoms with Crippen LogP contribution in [0.5, 0.6) is 17.2 Å². The van der Waals surface area contributed by atoms with Crippen LogP contribution in [0.4, 0.5) is 0 Å². The van der Waals surface area contributed by atoms with Gasteiger partial charge in [0.2, 0.25) is 0 Å². The highest BCUT2D eigenvalue weighted by molar-refractivity contribution is 5.91. The van der Waals surface area contributed by atoms with Crippen LogP contribution in [0.25, 0.3) is 0 Å². The van der Waals surface area contributed by atoms with E-state index in [1.807, 2.05) is 32.0 Å². The Labute approximate surface area is 169 Å². The van der Waals surface area contributed by atoms with Crippen LogP contribution in [-0.4, -0.2) is 38.8 Å². The number of hydrogen-bond donors (Lipinski definition) is 1. The smallest absolute Gasteiger partial charge is 0.338 e. The summed E-state index contributed by atoms with van der Waals surface area (Å²) in [4.78, 5) is 24.5. The normalized spacial score (nSPS) is 13.5. The summed E-state index contributed by atoms with van der Waals surface area (Å²) in [6.45, 7) is 4.67. The number of carbonyl (C=O) groups is 2. The number of nitrogens with one attached hydrogen (secondary N) is 1. The highest BCUT2D eigenvalue weighted by Gasteiger charge is 2.22. The Kier molecular flexibility index (Phi) is 6.59. The van der Waals surface area contributed by atoms with Crippen LogP contribution in [0.1, 0.15) is 35.8 Å². The Balaban J connectivity index is 1.60. The van der Waals surface area contributed by atoms with Gasteiger partial charge in [-0.3, -0.25) is 4.79 Å². The van der Waals surface area contributed by atoms with Gasteiger partial charge in [-0.1, -0.05) is 19.9 Å². The minimum Gasteiger partial charge on any atom is -0.497 e. The Morgan fingerprint density at radius 3 is 2.38 bits per heavy atom. The fraction of sp³-hybridized carbons (Fsp3) is 0.364. The van der Waals surface area contributed by atoms with Crippen LogP contribution in [0.3, 0.4) is 0 Å². The second-order valence-corrected chi connectivity index (χ2v) is 7.00. The van der Waals surface area contributed by atoms with Gasteiger partial charge in [0, 0.05) is 0 Å². The molecule has 3 rings (SSSR count). The molecule has 0 aromatic heterocycles. The molecule has 2 aromatic rings. The summed E-state index contributed by atoms with van der Waals surface area (Å²) in [5.74, 6) is 1.18. The maximum atomic E-state index is 12.4. The minimum atomic E-state index is -0.566. The van der Waals surface area contributed by atoms with E-state index in [1.54, 1.807) is 31.4 Å². The van der Waals surface area contributed by atoms with Gasteiger partial charge in [0.25, 0.3) is 5.91 Å². The lowest BCUT2D eigenvalue weighted by atomic mass is 9.95. The molecule has 0 fully saturated rings. The number of benzene rings is 2. The highest BCUT2D eigenvalue weighted by Crippen LogP contribution is 2.34. The number of amides is 1. The first kappa shape index (κ1) is 20.5. The maximum absolute atomic E-state index is 12.4. The number of rotatable bonds is 7. The molecule has 2 aromatic carbocycles. The second-order valence-electron chi connectivity index (χ2n) is 7.00. The zero-order valence-electron chi connectivity index (χ0n) is 16.8. The van der Waals surface area contributed by atoms with Crippen molar-refractivity contribution in [2.24, 2.45) is 5.92 Å². The SMILES string of the molecule is COc1ccc(C(=O)OCC(=O)N[C@@H](c2ccc3c(c2)OCCO3)C(C)C)cc1. The number of hydrogen-bond acceptors (Lipinski definition) is 6. The fourth-order valence-electron chi connectivity index (χ4n) is 3.04. The van der Waals surface area contributed by atoms with E-state index in [-0.39, 0.29) is 24.5 Å². The Morgan fingerprint density at radius 2 is 1.72 bits per heavy atom. The van der Waals surface area contributed by atoms with E-state index in [4.69, 9.17) is 18.9 Å². The van der Waals surface area contributed by atoms with Gasteiger partial charge in [0.05, 0.1) is 18.7 Å². The highest BCUT2D eigenvalue weighted by atomic mass is 16.6. The second kappa shape index (κ2) is 9.32. The summed E-state index contributed by atoms with van der Waals surface area (Å²) in [6, 6.07) is 11.9. The molecule has 1 amide bonds.